The summed E-state index contributed by atoms with van der Waals surface area (Å²) in [7, 11) is 4.12. The first-order chi connectivity index (χ1) is 26.4. The topological polar surface area (TPSA) is 104 Å². The van der Waals surface area contributed by atoms with Gasteiger partial charge in [0.2, 0.25) is 0 Å². The van der Waals surface area contributed by atoms with Crippen LogP contribution in [0.3, 0.4) is 0 Å². The maximum Gasteiger partial charge on any atom is 0.309 e. The number of carbonyl (C=O) groups is 4. The molecule has 1 N–H and O–H groups in total. The molecule has 8 atom stereocenters. The van der Waals surface area contributed by atoms with Crippen LogP contribution in [0.4, 0.5) is 0 Å². The average molecular weight is 808 g/mol. The molecule has 0 bridgehead atoms. The maximum absolute atomic E-state index is 15.2. The maximum atomic E-state index is 15.2. The molecule has 1 aromatic rings. The number of fused-ring (bicyclic) bond motifs is 7. The fourth-order valence-electron chi connectivity index (χ4n) is 13.5. The summed E-state index contributed by atoms with van der Waals surface area (Å²) in [4.78, 5) is 58.8. The van der Waals surface area contributed by atoms with Gasteiger partial charge in [0.1, 0.15) is 6.10 Å². The minimum atomic E-state index is -1.18. The van der Waals surface area contributed by atoms with E-state index < -0.39 is 22.8 Å². The lowest BCUT2D eigenvalue weighted by Crippen LogP contribution is -2.66. The molecule has 5 aliphatic carbocycles. The third-order valence-corrected chi connectivity index (χ3v) is 17.1. The number of hydrogen-bond acceptors (Lipinski definition) is 7. The molecule has 0 unspecified atom stereocenters. The second kappa shape index (κ2) is 15.5. The number of rotatable bonds is 13. The Bertz CT molecular complexity index is 1780. The molecule has 316 valence electrons. The minimum absolute atomic E-state index is 0.00847. The number of hydrogen-bond donors (Lipinski definition) is 1. The number of allylic oxidation sites excluding steroid dienone is 2. The van der Waals surface area contributed by atoms with E-state index in [1.165, 1.54) is 5.57 Å². The summed E-state index contributed by atoms with van der Waals surface area (Å²) < 4.78 is 6.19. The second-order valence-corrected chi connectivity index (χ2v) is 22.0. The number of carboxylic acids is 1. The van der Waals surface area contributed by atoms with Crippen LogP contribution in [-0.4, -0.2) is 78.2 Å². The Hall–Kier alpha value is -2.55. The van der Waals surface area contributed by atoms with E-state index in [0.29, 0.717) is 36.4 Å². The molecule has 6 rings (SSSR count). The van der Waals surface area contributed by atoms with Crippen LogP contribution in [0.2, 0.25) is 5.02 Å². The molecule has 0 amide bonds. The Balaban J connectivity index is 1.29. The molecule has 0 aromatic heterocycles. The Kier molecular flexibility index (Phi) is 12.0. The van der Waals surface area contributed by atoms with Gasteiger partial charge >= 0.3 is 11.9 Å². The molecular weight excluding hydrogens is 736 g/mol. The van der Waals surface area contributed by atoms with Crippen molar-refractivity contribution in [2.45, 2.75) is 139 Å². The Morgan fingerprint density at radius 1 is 0.895 bits per heavy atom. The van der Waals surface area contributed by atoms with Crippen molar-refractivity contribution in [2.75, 3.05) is 33.7 Å². The van der Waals surface area contributed by atoms with Gasteiger partial charge in [-0.3, -0.25) is 24.1 Å². The number of Topliss-reactive ketones (excluding diaryl/α,β-unsaturated/α-hetero) is 2. The summed E-state index contributed by atoms with van der Waals surface area (Å²) in [6, 6.07) is 7.90. The number of benzene rings is 1. The predicted molar refractivity (Wildman–Crippen MR) is 226 cm³/mol. The highest BCUT2D eigenvalue weighted by atomic mass is 35.5. The van der Waals surface area contributed by atoms with Gasteiger partial charge in [0, 0.05) is 36.5 Å². The van der Waals surface area contributed by atoms with Gasteiger partial charge in [0.25, 0.3) is 0 Å². The number of likely N-dealkylation sites (N-methyl/N-ethyl adjacent to an activating group) is 1. The first-order valence-corrected chi connectivity index (χ1v) is 22.2. The molecule has 4 saturated carbocycles. The van der Waals surface area contributed by atoms with Crippen molar-refractivity contribution in [2.24, 2.45) is 56.2 Å². The number of nitrogens with zero attached hydrogens (tertiary/aromatic N) is 2. The standard InChI is InChI=1S/C48H71ClN2O6/c1-30(2)40-34(52)26-48(37(53)29-51(25-24-50(10)11)28-31-12-14-32(49)15-13-31)23-22-46(8)33(41(40)48)16-17-36-45(7)20-19-38(57-39(54)27-43(3,4)42(55)56)44(5,6)35(45)18-21-47(36,46)9/h12-15,30,33,35-36,38H,16-29H2,1-11H3,(H,55,56)/t33-,35-,36-,38+,45+,46-,47-,48+/m1/s1. The van der Waals surface area contributed by atoms with Crippen LogP contribution >= 0.6 is 11.6 Å². The van der Waals surface area contributed by atoms with E-state index in [4.69, 9.17) is 16.3 Å². The van der Waals surface area contributed by atoms with E-state index in [0.717, 1.165) is 75.6 Å². The number of halogens is 1. The van der Waals surface area contributed by atoms with Crippen molar-refractivity contribution in [3.8, 4) is 0 Å². The molecule has 9 heteroatoms. The number of ketones is 2. The van der Waals surface area contributed by atoms with Gasteiger partial charge in [-0.1, -0.05) is 72.2 Å². The Morgan fingerprint density at radius 2 is 1.56 bits per heavy atom. The molecule has 57 heavy (non-hydrogen) atoms. The second-order valence-electron chi connectivity index (χ2n) is 21.5. The number of ether oxygens (including phenoxy) is 1. The lowest BCUT2D eigenvalue weighted by atomic mass is 9.33. The lowest BCUT2D eigenvalue weighted by molar-refractivity contribution is -0.233. The first kappa shape index (κ1) is 44.0. The number of carboxylic acid groups (broad SMARTS) is 1. The number of esters is 1. The lowest BCUT2D eigenvalue weighted by Gasteiger charge is -2.72. The van der Waals surface area contributed by atoms with E-state index in [2.05, 4.69) is 72.4 Å². The molecular formula is C48H71ClN2O6. The Labute approximate surface area is 347 Å². The largest absolute Gasteiger partial charge is 0.481 e. The van der Waals surface area contributed by atoms with Gasteiger partial charge < -0.3 is 14.7 Å². The number of carbonyl (C=O) groups excluding carboxylic acids is 3. The molecule has 0 aliphatic heterocycles. The summed E-state index contributed by atoms with van der Waals surface area (Å²) in [6.07, 6.45) is 7.38. The first-order valence-electron chi connectivity index (χ1n) is 21.8. The highest BCUT2D eigenvalue weighted by Gasteiger charge is 2.71. The van der Waals surface area contributed by atoms with E-state index in [1.54, 1.807) is 13.8 Å². The van der Waals surface area contributed by atoms with Crippen molar-refractivity contribution < 1.29 is 29.0 Å². The fourth-order valence-corrected chi connectivity index (χ4v) is 13.7. The summed E-state index contributed by atoms with van der Waals surface area (Å²) in [5.74, 6) is 0.000319. The van der Waals surface area contributed by atoms with Crippen LogP contribution in [0.15, 0.2) is 35.4 Å². The molecule has 4 fully saturated rings. The quantitative estimate of drug-likeness (QED) is 0.197. The van der Waals surface area contributed by atoms with Crippen molar-refractivity contribution in [1.29, 1.82) is 0 Å². The SMILES string of the molecule is CC(C)C1=C2[C@H]3CC[C@@H]4[C@@]5(C)CC[C@H](OC(=O)CC(C)(C)C(=O)O)C(C)(C)[C@H]5CC[C@@]4(C)[C@]3(C)CC[C@@]2(C(=O)CN(CCN(C)C)Cc2ccc(Cl)cc2)CC1=O. The summed E-state index contributed by atoms with van der Waals surface area (Å²) in [5, 5.41) is 10.3. The van der Waals surface area contributed by atoms with Gasteiger partial charge in [-0.15, -0.1) is 0 Å². The van der Waals surface area contributed by atoms with Gasteiger partial charge in [-0.05, 0) is 148 Å². The number of aliphatic carboxylic acids is 1. The van der Waals surface area contributed by atoms with Crippen LogP contribution in [0.25, 0.3) is 0 Å². The van der Waals surface area contributed by atoms with E-state index in [9.17, 15) is 19.5 Å². The van der Waals surface area contributed by atoms with E-state index in [-0.39, 0.29) is 57.6 Å². The zero-order chi connectivity index (χ0) is 42.1. The van der Waals surface area contributed by atoms with E-state index >= 15 is 4.79 Å². The zero-order valence-corrected chi connectivity index (χ0v) is 37.6. The minimum Gasteiger partial charge on any atom is -0.481 e. The van der Waals surface area contributed by atoms with Crippen LogP contribution < -0.4 is 0 Å². The third kappa shape index (κ3) is 7.49. The van der Waals surface area contributed by atoms with Crippen LogP contribution in [0.5, 0.6) is 0 Å². The summed E-state index contributed by atoms with van der Waals surface area (Å²) >= 11 is 6.23. The molecule has 8 nitrogen and oxygen atoms in total. The van der Waals surface area contributed by atoms with Crippen molar-refractivity contribution >= 4 is 35.1 Å². The molecule has 0 saturated heterocycles. The van der Waals surface area contributed by atoms with Gasteiger partial charge in [-0.25, -0.2) is 0 Å². The van der Waals surface area contributed by atoms with Gasteiger partial charge in [-0.2, -0.15) is 0 Å². The van der Waals surface area contributed by atoms with Crippen LogP contribution in [0, 0.1) is 56.2 Å². The molecule has 0 heterocycles. The molecule has 0 radical (unpaired) electrons. The van der Waals surface area contributed by atoms with Gasteiger partial charge in [0.05, 0.1) is 23.8 Å². The molecule has 5 aliphatic rings. The normalized spacial score (nSPS) is 34.8. The fraction of sp³-hybridized carbons (Fsp3) is 0.750. The molecule has 1 aromatic carbocycles. The van der Waals surface area contributed by atoms with Crippen LogP contribution in [-0.2, 0) is 30.5 Å². The van der Waals surface area contributed by atoms with E-state index in [1.807, 2.05) is 24.3 Å². The van der Waals surface area contributed by atoms with Gasteiger partial charge in [0.15, 0.2) is 11.6 Å². The summed E-state index contributed by atoms with van der Waals surface area (Å²) in [6.45, 7) is 22.1. The van der Waals surface area contributed by atoms with Crippen molar-refractivity contribution in [3.63, 3.8) is 0 Å². The van der Waals surface area contributed by atoms with Crippen LogP contribution in [0.1, 0.15) is 132 Å². The third-order valence-electron chi connectivity index (χ3n) is 16.9. The Morgan fingerprint density at radius 3 is 2.18 bits per heavy atom. The smallest absolute Gasteiger partial charge is 0.309 e. The summed E-state index contributed by atoms with van der Waals surface area (Å²) in [5.41, 5.74) is 1.04. The molecule has 0 spiro atoms. The predicted octanol–water partition coefficient (Wildman–Crippen LogP) is 9.67. The monoisotopic (exact) mass is 807 g/mol. The zero-order valence-electron chi connectivity index (χ0n) is 36.9. The highest BCUT2D eigenvalue weighted by molar-refractivity contribution is 6.30. The van der Waals surface area contributed by atoms with Crippen molar-refractivity contribution in [1.82, 2.24) is 9.80 Å². The van der Waals surface area contributed by atoms with Crippen molar-refractivity contribution in [3.05, 3.63) is 46.0 Å². The average Bonchev–Trinajstić information content (AvgIpc) is 3.42. The highest BCUT2D eigenvalue weighted by Crippen LogP contribution is 2.77.